The average Bonchev–Trinajstić information content (AvgIpc) is 2.70. The van der Waals surface area contributed by atoms with Crippen molar-refractivity contribution in [3.8, 4) is 11.1 Å². The molecule has 0 spiro atoms. The minimum atomic E-state index is -0.243. The van der Waals surface area contributed by atoms with Crippen molar-refractivity contribution in [3.05, 3.63) is 80.7 Å². The second-order valence-electron chi connectivity index (χ2n) is 6.59. The highest BCUT2D eigenvalue weighted by Crippen LogP contribution is 2.33. The number of fused-ring (bicyclic) bond motifs is 1. The second kappa shape index (κ2) is 7.73. The van der Waals surface area contributed by atoms with E-state index < -0.39 is 0 Å². The van der Waals surface area contributed by atoms with Crippen LogP contribution in [0.3, 0.4) is 0 Å². The molecule has 0 amide bonds. The molecule has 29 heavy (non-hydrogen) atoms. The van der Waals surface area contributed by atoms with Gasteiger partial charge in [-0.1, -0.05) is 41.4 Å². The molecule has 0 aliphatic carbocycles. The molecular weight excluding hydrogens is 409 g/mol. The highest BCUT2D eigenvalue weighted by Gasteiger charge is 2.16. The maximum absolute atomic E-state index is 13.0. The molecule has 3 N–H and O–H groups in total. The van der Waals surface area contributed by atoms with Crippen LogP contribution in [0.2, 0.25) is 10.0 Å². The number of aromatic nitrogens is 3. The summed E-state index contributed by atoms with van der Waals surface area (Å²) in [7, 11) is 1.66. The lowest BCUT2D eigenvalue weighted by Gasteiger charge is -2.12. The zero-order chi connectivity index (χ0) is 20.5. The second-order valence-corrected chi connectivity index (χ2v) is 7.40. The maximum Gasteiger partial charge on any atom is 0.259 e. The Morgan fingerprint density at radius 3 is 2.55 bits per heavy atom. The summed E-state index contributed by atoms with van der Waals surface area (Å²) in [5.41, 5.74) is 8.67. The number of nitrogens with zero attached hydrogens (tertiary/aromatic N) is 3. The van der Waals surface area contributed by atoms with Crippen molar-refractivity contribution in [1.82, 2.24) is 14.5 Å². The summed E-state index contributed by atoms with van der Waals surface area (Å²) in [6, 6.07) is 14.4. The Hall–Kier alpha value is -3.09. The number of halogens is 2. The normalized spacial score (nSPS) is 11.0. The Labute approximate surface area is 176 Å². The number of pyridine rings is 1. The van der Waals surface area contributed by atoms with E-state index in [1.54, 1.807) is 37.5 Å². The molecule has 4 rings (SSSR count). The molecule has 2 aromatic heterocycles. The van der Waals surface area contributed by atoms with E-state index in [-0.39, 0.29) is 5.56 Å². The van der Waals surface area contributed by atoms with E-state index in [9.17, 15) is 4.79 Å². The SMILES string of the molecule is Cn1c(=O)c(-c2c(Cl)cccc2Cl)cc2cnc(NCc3cccc(N)c3)nc21. The summed E-state index contributed by atoms with van der Waals surface area (Å²) < 4.78 is 1.47. The van der Waals surface area contributed by atoms with E-state index in [4.69, 9.17) is 28.9 Å². The Morgan fingerprint density at radius 2 is 1.83 bits per heavy atom. The molecule has 0 unspecified atom stereocenters. The molecule has 8 heteroatoms. The Balaban J connectivity index is 1.73. The van der Waals surface area contributed by atoms with Crippen LogP contribution in [0.25, 0.3) is 22.2 Å². The fourth-order valence-corrected chi connectivity index (χ4v) is 3.75. The van der Waals surface area contributed by atoms with E-state index in [0.29, 0.717) is 50.4 Å². The Kier molecular flexibility index (Phi) is 5.13. The highest BCUT2D eigenvalue weighted by molar-refractivity contribution is 6.39. The molecule has 0 fully saturated rings. The number of nitrogens with two attached hydrogens (primary N) is 1. The van der Waals surface area contributed by atoms with Gasteiger partial charge in [0.1, 0.15) is 5.65 Å². The van der Waals surface area contributed by atoms with Crippen LogP contribution in [-0.2, 0) is 13.6 Å². The van der Waals surface area contributed by atoms with Crippen LogP contribution in [0.5, 0.6) is 0 Å². The summed E-state index contributed by atoms with van der Waals surface area (Å²) in [4.78, 5) is 21.8. The lowest BCUT2D eigenvalue weighted by molar-refractivity contribution is 0.884. The molecule has 0 radical (unpaired) electrons. The third kappa shape index (κ3) is 3.77. The Morgan fingerprint density at radius 1 is 1.10 bits per heavy atom. The van der Waals surface area contributed by atoms with Gasteiger partial charge in [-0.15, -0.1) is 0 Å². The summed E-state index contributed by atoms with van der Waals surface area (Å²) in [5.74, 6) is 0.415. The summed E-state index contributed by atoms with van der Waals surface area (Å²) in [5, 5.41) is 4.68. The molecule has 146 valence electrons. The predicted molar refractivity (Wildman–Crippen MR) is 118 cm³/mol. The number of nitrogen functional groups attached to an aromatic ring is 1. The van der Waals surface area contributed by atoms with Crippen molar-refractivity contribution in [2.45, 2.75) is 6.54 Å². The third-order valence-electron chi connectivity index (χ3n) is 4.58. The number of hydrogen-bond donors (Lipinski definition) is 2. The van der Waals surface area contributed by atoms with E-state index in [0.717, 1.165) is 5.56 Å². The van der Waals surface area contributed by atoms with Gasteiger partial charge in [0.2, 0.25) is 5.95 Å². The quantitative estimate of drug-likeness (QED) is 0.470. The largest absolute Gasteiger partial charge is 0.399 e. The van der Waals surface area contributed by atoms with Crippen molar-refractivity contribution in [2.75, 3.05) is 11.1 Å². The average molecular weight is 426 g/mol. The fourth-order valence-electron chi connectivity index (χ4n) is 3.15. The molecule has 2 heterocycles. The van der Waals surface area contributed by atoms with Crippen molar-refractivity contribution in [3.63, 3.8) is 0 Å². The first-order chi connectivity index (χ1) is 13.9. The zero-order valence-electron chi connectivity index (χ0n) is 15.5. The van der Waals surface area contributed by atoms with Gasteiger partial charge in [0.25, 0.3) is 5.56 Å². The number of aryl methyl sites for hydroxylation is 1. The van der Waals surface area contributed by atoms with Crippen LogP contribution in [-0.4, -0.2) is 14.5 Å². The van der Waals surface area contributed by atoms with Crippen molar-refractivity contribution >= 4 is 45.9 Å². The van der Waals surface area contributed by atoms with Crippen LogP contribution in [0.15, 0.2) is 59.5 Å². The molecule has 0 saturated heterocycles. The first-order valence-corrected chi connectivity index (χ1v) is 9.59. The van der Waals surface area contributed by atoms with Crippen LogP contribution < -0.4 is 16.6 Å². The number of hydrogen-bond acceptors (Lipinski definition) is 5. The summed E-state index contributed by atoms with van der Waals surface area (Å²) in [6.45, 7) is 0.512. The van der Waals surface area contributed by atoms with Gasteiger partial charge in [-0.2, -0.15) is 4.98 Å². The fraction of sp³-hybridized carbons (Fsp3) is 0.0952. The smallest absolute Gasteiger partial charge is 0.259 e. The van der Waals surface area contributed by atoms with Gasteiger partial charge < -0.3 is 11.1 Å². The lowest BCUT2D eigenvalue weighted by atomic mass is 10.1. The number of rotatable bonds is 4. The molecule has 2 aromatic carbocycles. The molecule has 0 saturated carbocycles. The summed E-state index contributed by atoms with van der Waals surface area (Å²) >= 11 is 12.6. The van der Waals surface area contributed by atoms with E-state index >= 15 is 0 Å². The minimum absolute atomic E-state index is 0.243. The zero-order valence-corrected chi connectivity index (χ0v) is 17.0. The van der Waals surface area contributed by atoms with Gasteiger partial charge in [-0.25, -0.2) is 4.98 Å². The first kappa shape index (κ1) is 19.2. The monoisotopic (exact) mass is 425 g/mol. The molecule has 0 aliphatic rings. The molecule has 4 aromatic rings. The van der Waals surface area contributed by atoms with Gasteiger partial charge in [0.05, 0.1) is 15.6 Å². The van der Waals surface area contributed by atoms with Crippen LogP contribution in [0, 0.1) is 0 Å². The van der Waals surface area contributed by atoms with E-state index in [2.05, 4.69) is 15.3 Å². The topological polar surface area (TPSA) is 85.8 Å². The maximum atomic E-state index is 13.0. The van der Waals surface area contributed by atoms with Gasteiger partial charge >= 0.3 is 0 Å². The third-order valence-corrected chi connectivity index (χ3v) is 5.21. The van der Waals surface area contributed by atoms with Crippen LogP contribution in [0.4, 0.5) is 11.6 Å². The van der Waals surface area contributed by atoms with Crippen LogP contribution >= 0.6 is 23.2 Å². The van der Waals surface area contributed by atoms with Gasteiger partial charge in [-0.05, 0) is 35.9 Å². The van der Waals surface area contributed by atoms with Crippen LogP contribution in [0.1, 0.15) is 5.56 Å². The van der Waals surface area contributed by atoms with Gasteiger partial charge in [0, 0.05) is 36.4 Å². The predicted octanol–water partition coefficient (Wildman–Crippen LogP) is 4.50. The standard InChI is InChI=1S/C21H17Cl2N5O/c1-28-19-13(9-15(20(28)29)18-16(22)6-3-7-17(18)23)11-26-21(27-19)25-10-12-4-2-5-14(24)8-12/h2-9,11H,10,24H2,1H3,(H,25,26,27). The molecule has 0 atom stereocenters. The van der Waals surface area contributed by atoms with E-state index in [1.807, 2.05) is 24.3 Å². The van der Waals surface area contributed by atoms with Crippen molar-refractivity contribution in [1.29, 1.82) is 0 Å². The summed E-state index contributed by atoms with van der Waals surface area (Å²) in [6.07, 6.45) is 1.66. The highest BCUT2D eigenvalue weighted by atomic mass is 35.5. The van der Waals surface area contributed by atoms with Gasteiger partial charge in [-0.3, -0.25) is 9.36 Å². The van der Waals surface area contributed by atoms with Gasteiger partial charge in [0.15, 0.2) is 0 Å². The van der Waals surface area contributed by atoms with E-state index in [1.165, 1.54) is 4.57 Å². The van der Waals surface area contributed by atoms with Crippen molar-refractivity contribution < 1.29 is 0 Å². The number of anilines is 2. The molecule has 6 nitrogen and oxygen atoms in total. The number of nitrogens with one attached hydrogen (secondary N) is 1. The molecule has 0 bridgehead atoms. The lowest BCUT2D eigenvalue weighted by Crippen LogP contribution is -2.20. The first-order valence-electron chi connectivity index (χ1n) is 8.83. The number of benzene rings is 2. The molecule has 0 aliphatic heterocycles. The van der Waals surface area contributed by atoms with Crippen molar-refractivity contribution in [2.24, 2.45) is 7.05 Å². The molecular formula is C21H17Cl2N5O. The Bertz CT molecular complexity index is 1270. The minimum Gasteiger partial charge on any atom is -0.399 e.